The number of terminal acetylenes is 2. The van der Waals surface area contributed by atoms with Crippen molar-refractivity contribution in [2.45, 2.75) is 25.3 Å². The average molecular weight is 165 g/mol. The minimum absolute atomic E-state index is 0.0618. The Balaban J connectivity index is 3.18. The number of hydrogen-bond donors (Lipinski definition) is 1. The van der Waals surface area contributed by atoms with Crippen LogP contribution in [0, 0.1) is 24.7 Å². The second-order valence-corrected chi connectivity index (χ2v) is 2.58. The molecule has 0 spiro atoms. The Labute approximate surface area is 74.5 Å². The van der Waals surface area contributed by atoms with Gasteiger partial charge in [0.2, 0.25) is 0 Å². The summed E-state index contributed by atoms with van der Waals surface area (Å²) in [4.78, 5) is 0. The van der Waals surface area contributed by atoms with Gasteiger partial charge in [0.05, 0.1) is 6.61 Å². The summed E-state index contributed by atoms with van der Waals surface area (Å²) in [5.74, 6) is 4.94. The van der Waals surface area contributed by atoms with Gasteiger partial charge >= 0.3 is 0 Å². The molecular formula is C10H15NO. The lowest BCUT2D eigenvalue weighted by Gasteiger charge is -2.09. The summed E-state index contributed by atoms with van der Waals surface area (Å²) in [7, 11) is 0. The highest BCUT2D eigenvalue weighted by Crippen LogP contribution is 1.98. The molecule has 0 aliphatic carbocycles. The van der Waals surface area contributed by atoms with Crippen LogP contribution < -0.4 is 5.73 Å². The van der Waals surface area contributed by atoms with Crippen LogP contribution in [0.2, 0.25) is 0 Å². The lowest BCUT2D eigenvalue weighted by Crippen LogP contribution is -2.26. The summed E-state index contributed by atoms with van der Waals surface area (Å²) in [6.07, 6.45) is 12.7. The van der Waals surface area contributed by atoms with Crippen LogP contribution in [-0.4, -0.2) is 19.3 Å². The molecule has 0 aromatic heterocycles. The van der Waals surface area contributed by atoms with Crippen molar-refractivity contribution >= 4 is 0 Å². The Morgan fingerprint density at radius 1 is 1.33 bits per heavy atom. The van der Waals surface area contributed by atoms with Crippen LogP contribution in [-0.2, 0) is 4.74 Å². The van der Waals surface area contributed by atoms with Crippen molar-refractivity contribution < 1.29 is 4.74 Å². The highest BCUT2D eigenvalue weighted by atomic mass is 16.5. The smallest absolute Gasteiger partial charge is 0.107 e. The molecular weight excluding hydrogens is 150 g/mol. The maximum absolute atomic E-state index is 5.69. The van der Waals surface area contributed by atoms with Gasteiger partial charge in [0.1, 0.15) is 6.61 Å². The Hall–Kier alpha value is -0.960. The Morgan fingerprint density at radius 3 is 2.67 bits per heavy atom. The molecule has 0 aliphatic rings. The zero-order chi connectivity index (χ0) is 9.23. The molecule has 0 saturated heterocycles. The fourth-order valence-corrected chi connectivity index (χ4v) is 0.819. The van der Waals surface area contributed by atoms with Crippen molar-refractivity contribution in [1.82, 2.24) is 0 Å². The summed E-state index contributed by atoms with van der Waals surface area (Å²) in [5, 5.41) is 0. The third kappa shape index (κ3) is 7.15. The fourth-order valence-electron chi connectivity index (χ4n) is 0.819. The minimum Gasteiger partial charge on any atom is -0.367 e. The fraction of sp³-hybridized carbons (Fsp3) is 0.600. The molecule has 0 heterocycles. The highest BCUT2D eigenvalue weighted by molar-refractivity contribution is 4.84. The first kappa shape index (κ1) is 11.0. The van der Waals surface area contributed by atoms with Gasteiger partial charge in [-0.15, -0.1) is 18.8 Å². The van der Waals surface area contributed by atoms with Gasteiger partial charge in [0.25, 0.3) is 0 Å². The topological polar surface area (TPSA) is 35.2 Å². The summed E-state index contributed by atoms with van der Waals surface area (Å²) >= 11 is 0. The van der Waals surface area contributed by atoms with Crippen LogP contribution in [0.5, 0.6) is 0 Å². The first-order valence-electron chi connectivity index (χ1n) is 4.01. The molecule has 0 fully saturated rings. The van der Waals surface area contributed by atoms with Crippen molar-refractivity contribution in [3.8, 4) is 24.7 Å². The van der Waals surface area contributed by atoms with Gasteiger partial charge in [0, 0.05) is 12.5 Å². The first-order chi connectivity index (χ1) is 5.81. The maximum atomic E-state index is 5.69. The van der Waals surface area contributed by atoms with E-state index in [1.54, 1.807) is 0 Å². The normalized spacial score (nSPS) is 11.6. The molecule has 0 saturated carbocycles. The van der Waals surface area contributed by atoms with Crippen LogP contribution in [0.15, 0.2) is 0 Å². The van der Waals surface area contributed by atoms with Crippen molar-refractivity contribution in [2.75, 3.05) is 13.2 Å². The first-order valence-corrected chi connectivity index (χ1v) is 4.01. The molecule has 1 atom stereocenters. The van der Waals surface area contributed by atoms with Crippen molar-refractivity contribution in [3.63, 3.8) is 0 Å². The monoisotopic (exact) mass is 165 g/mol. The Kier molecular flexibility index (Phi) is 7.49. The van der Waals surface area contributed by atoms with Gasteiger partial charge < -0.3 is 10.5 Å². The molecule has 66 valence electrons. The van der Waals surface area contributed by atoms with Crippen molar-refractivity contribution in [1.29, 1.82) is 0 Å². The number of ether oxygens (including phenoxy) is 1. The molecule has 0 aliphatic heterocycles. The van der Waals surface area contributed by atoms with E-state index in [1.165, 1.54) is 0 Å². The van der Waals surface area contributed by atoms with Gasteiger partial charge in [-0.2, -0.15) is 0 Å². The third-order valence-electron chi connectivity index (χ3n) is 1.41. The van der Waals surface area contributed by atoms with Crippen LogP contribution in [0.3, 0.4) is 0 Å². The van der Waals surface area contributed by atoms with Gasteiger partial charge in [-0.1, -0.05) is 5.92 Å². The summed E-state index contributed by atoms with van der Waals surface area (Å²) in [5.41, 5.74) is 5.69. The highest BCUT2D eigenvalue weighted by Gasteiger charge is 2.00. The number of unbranched alkanes of at least 4 members (excludes halogenated alkanes) is 1. The van der Waals surface area contributed by atoms with Gasteiger partial charge in [-0.3, -0.25) is 0 Å². The predicted molar refractivity (Wildman–Crippen MR) is 50.3 cm³/mol. The van der Waals surface area contributed by atoms with E-state index in [1.807, 2.05) is 0 Å². The number of rotatable bonds is 6. The summed E-state index contributed by atoms with van der Waals surface area (Å²) in [6.45, 7) is 0.859. The second kappa shape index (κ2) is 8.14. The average Bonchev–Trinajstić information content (AvgIpc) is 2.06. The van der Waals surface area contributed by atoms with Crippen LogP contribution >= 0.6 is 0 Å². The number of hydrogen-bond acceptors (Lipinski definition) is 2. The third-order valence-corrected chi connectivity index (χ3v) is 1.41. The van der Waals surface area contributed by atoms with Crippen LogP contribution in [0.4, 0.5) is 0 Å². The lowest BCUT2D eigenvalue weighted by molar-refractivity contribution is 0.148. The minimum atomic E-state index is 0.0618. The van der Waals surface area contributed by atoms with E-state index < -0.39 is 0 Å². The van der Waals surface area contributed by atoms with Gasteiger partial charge in [0.15, 0.2) is 0 Å². The zero-order valence-electron chi connectivity index (χ0n) is 7.25. The van der Waals surface area contributed by atoms with E-state index in [0.29, 0.717) is 13.2 Å². The Morgan fingerprint density at radius 2 is 2.08 bits per heavy atom. The largest absolute Gasteiger partial charge is 0.367 e. The molecule has 0 rings (SSSR count). The van der Waals surface area contributed by atoms with Crippen LogP contribution in [0.25, 0.3) is 0 Å². The summed E-state index contributed by atoms with van der Waals surface area (Å²) in [6, 6.07) is 0.0618. The molecule has 0 amide bonds. The summed E-state index contributed by atoms with van der Waals surface area (Å²) < 4.78 is 5.06. The van der Waals surface area contributed by atoms with Gasteiger partial charge in [-0.05, 0) is 12.8 Å². The van der Waals surface area contributed by atoms with Crippen LogP contribution in [0.1, 0.15) is 19.3 Å². The van der Waals surface area contributed by atoms with Crippen molar-refractivity contribution in [2.24, 2.45) is 5.73 Å². The molecule has 0 bridgehead atoms. The van der Waals surface area contributed by atoms with E-state index in [0.717, 1.165) is 19.3 Å². The molecule has 1 unspecified atom stereocenters. The van der Waals surface area contributed by atoms with Crippen molar-refractivity contribution in [3.05, 3.63) is 0 Å². The van der Waals surface area contributed by atoms with E-state index in [9.17, 15) is 0 Å². The standard InChI is InChI=1S/C10H15NO/c1-3-5-6-7-10(11)9-12-8-4-2/h1-2,10H,5-9,11H2. The van der Waals surface area contributed by atoms with Gasteiger partial charge in [-0.25, -0.2) is 0 Å². The molecule has 2 nitrogen and oxygen atoms in total. The molecule has 0 aromatic carbocycles. The molecule has 2 N–H and O–H groups in total. The van der Waals surface area contributed by atoms with E-state index in [2.05, 4.69) is 11.8 Å². The van der Waals surface area contributed by atoms with E-state index >= 15 is 0 Å². The molecule has 0 radical (unpaired) electrons. The zero-order valence-corrected chi connectivity index (χ0v) is 7.25. The quantitative estimate of drug-likeness (QED) is 0.466. The lowest BCUT2D eigenvalue weighted by atomic mass is 10.1. The maximum Gasteiger partial charge on any atom is 0.107 e. The van der Waals surface area contributed by atoms with E-state index in [-0.39, 0.29) is 6.04 Å². The Bertz CT molecular complexity index is 155. The predicted octanol–water partition coefficient (Wildman–Crippen LogP) is 0.767. The second-order valence-electron chi connectivity index (χ2n) is 2.58. The molecule has 12 heavy (non-hydrogen) atoms. The molecule has 2 heteroatoms. The molecule has 0 aromatic rings. The SMILES string of the molecule is C#CCCCC(N)COCC#C. The van der Waals surface area contributed by atoms with E-state index in [4.69, 9.17) is 23.3 Å². The number of nitrogens with two attached hydrogens (primary N) is 1.